The molecule has 3 nitrogen and oxygen atoms in total. The lowest BCUT2D eigenvalue weighted by Gasteiger charge is -2.36. The van der Waals surface area contributed by atoms with Crippen LogP contribution in [0.1, 0.15) is 49.6 Å². The normalized spacial score (nSPS) is 24.0. The number of thiazole rings is 1. The van der Waals surface area contributed by atoms with Gasteiger partial charge in [0.05, 0.1) is 11.2 Å². The van der Waals surface area contributed by atoms with Crippen LogP contribution in [0.4, 0.5) is 0 Å². The van der Waals surface area contributed by atoms with Gasteiger partial charge in [-0.05, 0) is 52.0 Å². The summed E-state index contributed by atoms with van der Waals surface area (Å²) in [6.45, 7) is 6.80. The van der Waals surface area contributed by atoms with Crippen LogP contribution in [0.15, 0.2) is 5.51 Å². The standard InChI is InChI=1S/C15H27N3S/c1-3-9-18(14-6-4-13(16)5-7-14)10-8-15-12(2)17-11-19-15/h11,13-14H,3-10,16H2,1-2H3. The van der Waals surface area contributed by atoms with Crippen molar-refractivity contribution in [1.82, 2.24) is 9.88 Å². The number of nitrogens with two attached hydrogens (primary N) is 1. The first-order chi connectivity index (χ1) is 9.20. The molecule has 0 amide bonds. The Morgan fingerprint density at radius 3 is 2.63 bits per heavy atom. The van der Waals surface area contributed by atoms with E-state index in [2.05, 4.69) is 23.7 Å². The smallest absolute Gasteiger partial charge is 0.0797 e. The lowest BCUT2D eigenvalue weighted by atomic mass is 9.90. The fraction of sp³-hybridized carbons (Fsp3) is 0.800. The van der Waals surface area contributed by atoms with Crippen LogP contribution < -0.4 is 5.73 Å². The van der Waals surface area contributed by atoms with Gasteiger partial charge in [-0.3, -0.25) is 0 Å². The van der Waals surface area contributed by atoms with Crippen molar-refractivity contribution in [2.24, 2.45) is 5.73 Å². The minimum atomic E-state index is 0.448. The van der Waals surface area contributed by atoms with Gasteiger partial charge in [-0.15, -0.1) is 11.3 Å². The molecule has 0 saturated heterocycles. The lowest BCUT2D eigenvalue weighted by Crippen LogP contribution is -2.42. The first-order valence-electron chi connectivity index (χ1n) is 7.59. The van der Waals surface area contributed by atoms with Crippen molar-refractivity contribution < 1.29 is 0 Å². The second kappa shape index (κ2) is 7.36. The molecular weight excluding hydrogens is 254 g/mol. The summed E-state index contributed by atoms with van der Waals surface area (Å²) in [5.41, 5.74) is 9.20. The molecule has 1 heterocycles. The molecule has 1 fully saturated rings. The quantitative estimate of drug-likeness (QED) is 0.871. The van der Waals surface area contributed by atoms with Crippen LogP contribution in [0.5, 0.6) is 0 Å². The summed E-state index contributed by atoms with van der Waals surface area (Å²) in [5, 5.41) is 0. The molecule has 0 atom stereocenters. The molecule has 1 aromatic rings. The van der Waals surface area contributed by atoms with E-state index >= 15 is 0 Å². The molecule has 4 heteroatoms. The van der Waals surface area contributed by atoms with Crippen molar-refractivity contribution in [2.75, 3.05) is 13.1 Å². The molecule has 0 unspecified atom stereocenters. The van der Waals surface area contributed by atoms with Crippen LogP contribution in [-0.2, 0) is 6.42 Å². The van der Waals surface area contributed by atoms with Crippen molar-refractivity contribution in [2.45, 2.75) is 64.5 Å². The number of aryl methyl sites for hydroxylation is 1. The molecular formula is C15H27N3S. The summed E-state index contributed by atoms with van der Waals surface area (Å²) < 4.78 is 0. The number of nitrogens with zero attached hydrogens (tertiary/aromatic N) is 2. The maximum Gasteiger partial charge on any atom is 0.0797 e. The van der Waals surface area contributed by atoms with E-state index in [1.807, 2.05) is 5.51 Å². The Balaban J connectivity index is 1.87. The second-order valence-corrected chi connectivity index (χ2v) is 6.65. The van der Waals surface area contributed by atoms with Crippen LogP contribution >= 0.6 is 11.3 Å². The van der Waals surface area contributed by atoms with Gasteiger partial charge in [-0.25, -0.2) is 4.98 Å². The van der Waals surface area contributed by atoms with Gasteiger partial charge in [0.25, 0.3) is 0 Å². The predicted octanol–water partition coefficient (Wildman–Crippen LogP) is 2.98. The fourth-order valence-electron chi connectivity index (χ4n) is 3.04. The molecule has 1 aliphatic rings. The molecule has 0 spiro atoms. The first kappa shape index (κ1) is 14.9. The third-order valence-electron chi connectivity index (χ3n) is 4.24. The van der Waals surface area contributed by atoms with Crippen molar-refractivity contribution in [1.29, 1.82) is 0 Å². The Bertz CT molecular complexity index is 369. The third kappa shape index (κ3) is 4.26. The molecule has 1 aliphatic carbocycles. The van der Waals surface area contributed by atoms with Gasteiger partial charge in [0, 0.05) is 23.5 Å². The highest BCUT2D eigenvalue weighted by molar-refractivity contribution is 7.09. The van der Waals surface area contributed by atoms with Gasteiger partial charge in [-0.1, -0.05) is 6.92 Å². The number of hydrogen-bond acceptors (Lipinski definition) is 4. The molecule has 1 saturated carbocycles. The van der Waals surface area contributed by atoms with E-state index in [-0.39, 0.29) is 0 Å². The minimum absolute atomic E-state index is 0.448. The first-order valence-corrected chi connectivity index (χ1v) is 8.47. The number of rotatable bonds is 6. The van der Waals surface area contributed by atoms with E-state index < -0.39 is 0 Å². The van der Waals surface area contributed by atoms with Gasteiger partial charge >= 0.3 is 0 Å². The van der Waals surface area contributed by atoms with E-state index in [1.54, 1.807) is 11.3 Å². The highest BCUT2D eigenvalue weighted by Crippen LogP contribution is 2.23. The largest absolute Gasteiger partial charge is 0.328 e. The fourth-order valence-corrected chi connectivity index (χ4v) is 3.81. The Morgan fingerprint density at radius 1 is 1.32 bits per heavy atom. The predicted molar refractivity (Wildman–Crippen MR) is 82.7 cm³/mol. The molecule has 19 heavy (non-hydrogen) atoms. The Hall–Kier alpha value is -0.450. The van der Waals surface area contributed by atoms with Crippen molar-refractivity contribution in [3.05, 3.63) is 16.1 Å². The topological polar surface area (TPSA) is 42.2 Å². The van der Waals surface area contributed by atoms with Crippen LogP contribution in [0.2, 0.25) is 0 Å². The Labute approximate surface area is 121 Å². The third-order valence-corrected chi connectivity index (χ3v) is 5.23. The molecule has 0 aromatic carbocycles. The van der Waals surface area contributed by atoms with Crippen molar-refractivity contribution in [3.63, 3.8) is 0 Å². The average molecular weight is 281 g/mol. The van der Waals surface area contributed by atoms with Crippen LogP contribution in [0.3, 0.4) is 0 Å². The lowest BCUT2D eigenvalue weighted by molar-refractivity contribution is 0.151. The molecule has 2 N–H and O–H groups in total. The Morgan fingerprint density at radius 2 is 2.05 bits per heavy atom. The van der Waals surface area contributed by atoms with E-state index in [4.69, 9.17) is 5.73 Å². The maximum atomic E-state index is 6.02. The summed E-state index contributed by atoms with van der Waals surface area (Å²) >= 11 is 1.80. The average Bonchev–Trinajstić information content (AvgIpc) is 2.81. The zero-order chi connectivity index (χ0) is 13.7. The SMILES string of the molecule is CCCN(CCc1scnc1C)C1CCC(N)CC1. The van der Waals surface area contributed by atoms with E-state index in [1.165, 1.54) is 55.8 Å². The summed E-state index contributed by atoms with van der Waals surface area (Å²) in [7, 11) is 0. The molecule has 0 bridgehead atoms. The number of hydrogen-bond donors (Lipinski definition) is 1. The second-order valence-electron chi connectivity index (χ2n) is 5.72. The van der Waals surface area contributed by atoms with E-state index in [0.29, 0.717) is 6.04 Å². The van der Waals surface area contributed by atoms with Gasteiger partial charge < -0.3 is 10.6 Å². The van der Waals surface area contributed by atoms with Crippen LogP contribution in [-0.4, -0.2) is 35.1 Å². The van der Waals surface area contributed by atoms with Crippen molar-refractivity contribution in [3.8, 4) is 0 Å². The van der Waals surface area contributed by atoms with E-state index in [9.17, 15) is 0 Å². The highest BCUT2D eigenvalue weighted by Gasteiger charge is 2.23. The molecule has 1 aromatic heterocycles. The summed E-state index contributed by atoms with van der Waals surface area (Å²) in [4.78, 5) is 8.48. The summed E-state index contributed by atoms with van der Waals surface area (Å²) in [6, 6.07) is 1.21. The van der Waals surface area contributed by atoms with Crippen molar-refractivity contribution >= 4 is 11.3 Å². The van der Waals surface area contributed by atoms with Crippen LogP contribution in [0, 0.1) is 6.92 Å². The van der Waals surface area contributed by atoms with Gasteiger partial charge in [0.15, 0.2) is 0 Å². The Kier molecular flexibility index (Phi) is 5.79. The molecule has 2 rings (SSSR count). The maximum absolute atomic E-state index is 6.02. The molecule has 108 valence electrons. The summed E-state index contributed by atoms with van der Waals surface area (Å²) in [6.07, 6.45) is 7.35. The van der Waals surface area contributed by atoms with E-state index in [0.717, 1.165) is 12.5 Å². The monoisotopic (exact) mass is 281 g/mol. The molecule has 0 radical (unpaired) electrons. The minimum Gasteiger partial charge on any atom is -0.328 e. The molecule has 0 aliphatic heterocycles. The van der Waals surface area contributed by atoms with Crippen LogP contribution in [0.25, 0.3) is 0 Å². The number of aromatic nitrogens is 1. The van der Waals surface area contributed by atoms with Gasteiger partial charge in [0.1, 0.15) is 0 Å². The zero-order valence-corrected chi connectivity index (χ0v) is 13.1. The zero-order valence-electron chi connectivity index (χ0n) is 12.3. The summed E-state index contributed by atoms with van der Waals surface area (Å²) in [5.74, 6) is 0. The van der Waals surface area contributed by atoms with Gasteiger partial charge in [-0.2, -0.15) is 0 Å². The highest BCUT2D eigenvalue weighted by atomic mass is 32.1. The van der Waals surface area contributed by atoms with Gasteiger partial charge in [0.2, 0.25) is 0 Å².